The molecule has 0 aromatic heterocycles. The maximum Gasteiger partial charge on any atom is 0.269 e. The molecule has 7 nitrogen and oxygen atoms in total. The third-order valence-corrected chi connectivity index (χ3v) is 3.86. The van der Waals surface area contributed by atoms with E-state index in [-0.39, 0.29) is 23.7 Å². The van der Waals surface area contributed by atoms with Gasteiger partial charge in [-0.3, -0.25) is 14.9 Å². The van der Waals surface area contributed by atoms with Gasteiger partial charge >= 0.3 is 0 Å². The number of rotatable bonds is 4. The molecular formula is C14H19N3O4. The normalized spacial score (nSPS) is 22.1. The predicted octanol–water partition coefficient (Wildman–Crippen LogP) is 1.17. The number of nitrogens with two attached hydrogens (primary N) is 1. The van der Waals surface area contributed by atoms with E-state index in [1.54, 1.807) is 12.0 Å². The number of hydrogen-bond acceptors (Lipinski definition) is 5. The number of carbonyl (C=O) groups is 1. The topological polar surface area (TPSA) is 98.7 Å². The van der Waals surface area contributed by atoms with E-state index in [0.717, 1.165) is 6.42 Å². The van der Waals surface area contributed by atoms with Crippen LogP contribution in [-0.4, -0.2) is 48.1 Å². The first-order chi connectivity index (χ1) is 10.1. The molecule has 21 heavy (non-hydrogen) atoms. The fraction of sp³-hybridized carbons (Fsp3) is 0.500. The average molecular weight is 293 g/mol. The zero-order chi connectivity index (χ0) is 15.4. The van der Waals surface area contributed by atoms with Crippen LogP contribution in [0.1, 0.15) is 23.2 Å². The Hall–Kier alpha value is -1.99. The van der Waals surface area contributed by atoms with Crippen LogP contribution >= 0.6 is 0 Å². The van der Waals surface area contributed by atoms with Crippen molar-refractivity contribution in [2.24, 2.45) is 5.73 Å². The van der Waals surface area contributed by atoms with Gasteiger partial charge in [-0.2, -0.15) is 0 Å². The van der Waals surface area contributed by atoms with Crippen molar-refractivity contribution in [3.63, 3.8) is 0 Å². The summed E-state index contributed by atoms with van der Waals surface area (Å²) < 4.78 is 5.33. The van der Waals surface area contributed by atoms with Crippen molar-refractivity contribution in [3.05, 3.63) is 39.9 Å². The Morgan fingerprint density at radius 3 is 2.67 bits per heavy atom. The summed E-state index contributed by atoms with van der Waals surface area (Å²) >= 11 is 0. The summed E-state index contributed by atoms with van der Waals surface area (Å²) in [5, 5.41) is 10.6. The average Bonchev–Trinajstić information content (AvgIpc) is 2.53. The minimum atomic E-state index is -0.485. The number of likely N-dealkylation sites (tertiary alicyclic amines) is 1. The van der Waals surface area contributed by atoms with Crippen LogP contribution in [0.25, 0.3) is 0 Å². The maximum atomic E-state index is 12.5. The van der Waals surface area contributed by atoms with Crippen molar-refractivity contribution in [2.45, 2.75) is 25.0 Å². The van der Waals surface area contributed by atoms with Crippen molar-refractivity contribution >= 4 is 11.6 Å². The highest BCUT2D eigenvalue weighted by Crippen LogP contribution is 2.22. The van der Waals surface area contributed by atoms with E-state index < -0.39 is 4.92 Å². The van der Waals surface area contributed by atoms with Gasteiger partial charge in [0.1, 0.15) is 0 Å². The van der Waals surface area contributed by atoms with E-state index in [4.69, 9.17) is 10.5 Å². The van der Waals surface area contributed by atoms with E-state index in [9.17, 15) is 14.9 Å². The Balaban J connectivity index is 2.13. The third-order valence-electron chi connectivity index (χ3n) is 3.86. The van der Waals surface area contributed by atoms with Gasteiger partial charge in [-0.25, -0.2) is 0 Å². The van der Waals surface area contributed by atoms with Gasteiger partial charge in [-0.05, 0) is 25.0 Å². The molecule has 114 valence electrons. The number of nitrogens with zero attached hydrogens (tertiary/aromatic N) is 2. The summed E-state index contributed by atoms with van der Waals surface area (Å²) in [4.78, 5) is 24.4. The van der Waals surface area contributed by atoms with Crippen LogP contribution in [0, 0.1) is 10.1 Å². The molecule has 1 aromatic rings. The molecule has 1 heterocycles. The Morgan fingerprint density at radius 2 is 2.14 bits per heavy atom. The van der Waals surface area contributed by atoms with E-state index in [1.807, 2.05) is 0 Å². The lowest BCUT2D eigenvalue weighted by Gasteiger charge is -2.38. The zero-order valence-electron chi connectivity index (χ0n) is 11.9. The quantitative estimate of drug-likeness (QED) is 0.663. The molecule has 2 unspecified atom stereocenters. The number of nitro benzene ring substituents is 1. The number of hydrogen-bond donors (Lipinski definition) is 1. The first-order valence-corrected chi connectivity index (χ1v) is 6.85. The molecule has 0 radical (unpaired) electrons. The number of non-ortho nitro benzene ring substituents is 1. The molecule has 0 spiro atoms. The fourth-order valence-corrected chi connectivity index (χ4v) is 2.61. The summed E-state index contributed by atoms with van der Waals surface area (Å²) in [6, 6.07) is 5.58. The van der Waals surface area contributed by atoms with Gasteiger partial charge in [-0.1, -0.05) is 0 Å². The van der Waals surface area contributed by atoms with Crippen molar-refractivity contribution in [3.8, 4) is 0 Å². The fourth-order valence-electron chi connectivity index (χ4n) is 2.61. The lowest BCUT2D eigenvalue weighted by atomic mass is 9.98. The van der Waals surface area contributed by atoms with Crippen LogP contribution in [0.15, 0.2) is 24.3 Å². The van der Waals surface area contributed by atoms with Crippen molar-refractivity contribution in [1.82, 2.24) is 4.90 Å². The minimum Gasteiger partial charge on any atom is -0.381 e. The number of benzene rings is 1. The van der Waals surface area contributed by atoms with E-state index in [1.165, 1.54) is 24.3 Å². The molecule has 1 amide bonds. The van der Waals surface area contributed by atoms with E-state index in [2.05, 4.69) is 0 Å². The SMILES string of the molecule is COC1CCN(C(=O)c2ccc([N+](=O)[O-])cc2)C(CN)C1. The number of ether oxygens (including phenoxy) is 1. The second kappa shape index (κ2) is 6.64. The summed E-state index contributed by atoms with van der Waals surface area (Å²) in [6.45, 7) is 0.953. The van der Waals surface area contributed by atoms with Crippen LogP contribution in [0.2, 0.25) is 0 Å². The summed E-state index contributed by atoms with van der Waals surface area (Å²) in [5.41, 5.74) is 6.16. The summed E-state index contributed by atoms with van der Waals surface area (Å²) in [6.07, 6.45) is 1.61. The highest BCUT2D eigenvalue weighted by Gasteiger charge is 2.31. The molecule has 0 saturated carbocycles. The smallest absolute Gasteiger partial charge is 0.269 e. The molecule has 7 heteroatoms. The molecule has 1 aliphatic heterocycles. The van der Waals surface area contributed by atoms with Gasteiger partial charge < -0.3 is 15.4 Å². The first kappa shape index (κ1) is 15.4. The Labute approximate surface area is 122 Å². The minimum absolute atomic E-state index is 0.0278. The van der Waals surface area contributed by atoms with Crippen LogP contribution < -0.4 is 5.73 Å². The maximum absolute atomic E-state index is 12.5. The molecule has 2 atom stereocenters. The lowest BCUT2D eigenvalue weighted by molar-refractivity contribution is -0.384. The van der Waals surface area contributed by atoms with Gasteiger partial charge in [0.15, 0.2) is 0 Å². The molecule has 1 aliphatic rings. The van der Waals surface area contributed by atoms with Crippen molar-refractivity contribution < 1.29 is 14.5 Å². The summed E-state index contributed by atoms with van der Waals surface area (Å²) in [5.74, 6) is -0.144. The standard InChI is InChI=1S/C14H19N3O4/c1-21-13-6-7-16(12(8-13)9-15)14(18)10-2-4-11(5-3-10)17(19)20/h2-5,12-13H,6-9,15H2,1H3. The predicted molar refractivity (Wildman–Crippen MR) is 77.0 cm³/mol. The Morgan fingerprint density at radius 1 is 1.48 bits per heavy atom. The number of amides is 1. The third kappa shape index (κ3) is 3.37. The highest BCUT2D eigenvalue weighted by molar-refractivity contribution is 5.94. The van der Waals surface area contributed by atoms with Gasteiger partial charge in [-0.15, -0.1) is 0 Å². The van der Waals surface area contributed by atoms with Crippen LogP contribution in [-0.2, 0) is 4.74 Å². The second-order valence-electron chi connectivity index (χ2n) is 5.07. The number of carbonyl (C=O) groups excluding carboxylic acids is 1. The molecule has 2 rings (SSSR count). The van der Waals surface area contributed by atoms with Crippen LogP contribution in [0.4, 0.5) is 5.69 Å². The van der Waals surface area contributed by atoms with E-state index in [0.29, 0.717) is 25.1 Å². The molecule has 1 aromatic carbocycles. The van der Waals surface area contributed by atoms with Gasteiger partial charge in [0, 0.05) is 43.9 Å². The second-order valence-corrected chi connectivity index (χ2v) is 5.07. The number of nitro groups is 1. The number of piperidine rings is 1. The van der Waals surface area contributed by atoms with Crippen molar-refractivity contribution in [2.75, 3.05) is 20.2 Å². The van der Waals surface area contributed by atoms with Gasteiger partial charge in [0.25, 0.3) is 11.6 Å². The van der Waals surface area contributed by atoms with Crippen LogP contribution in [0.5, 0.6) is 0 Å². The highest BCUT2D eigenvalue weighted by atomic mass is 16.6. The van der Waals surface area contributed by atoms with Gasteiger partial charge in [0.2, 0.25) is 0 Å². The largest absolute Gasteiger partial charge is 0.381 e. The molecule has 2 N–H and O–H groups in total. The van der Waals surface area contributed by atoms with E-state index >= 15 is 0 Å². The summed E-state index contributed by atoms with van der Waals surface area (Å²) in [7, 11) is 1.66. The molecular weight excluding hydrogens is 274 g/mol. The monoisotopic (exact) mass is 293 g/mol. The molecule has 1 saturated heterocycles. The molecule has 1 fully saturated rings. The lowest BCUT2D eigenvalue weighted by Crippen LogP contribution is -2.51. The zero-order valence-corrected chi connectivity index (χ0v) is 11.9. The Bertz CT molecular complexity index is 517. The molecule has 0 bridgehead atoms. The Kier molecular flexibility index (Phi) is 4.87. The van der Waals surface area contributed by atoms with Crippen molar-refractivity contribution in [1.29, 1.82) is 0 Å². The number of methoxy groups -OCH3 is 1. The van der Waals surface area contributed by atoms with Gasteiger partial charge in [0.05, 0.1) is 11.0 Å². The van der Waals surface area contributed by atoms with Crippen LogP contribution in [0.3, 0.4) is 0 Å². The first-order valence-electron chi connectivity index (χ1n) is 6.85. The molecule has 0 aliphatic carbocycles.